The number of rotatable bonds is 9. The molecule has 0 N–H and O–H groups in total. The van der Waals surface area contributed by atoms with Crippen LogP contribution in [0.4, 0.5) is 0 Å². The Labute approximate surface area is 133 Å². The highest BCUT2D eigenvalue weighted by molar-refractivity contribution is 6.23. The average molecular weight is 305 g/mol. The third-order valence-electron chi connectivity index (χ3n) is 3.24. The topological polar surface area (TPSA) is 54.5 Å². The van der Waals surface area contributed by atoms with Gasteiger partial charge in [-0.3, -0.25) is 14.4 Å². The van der Waals surface area contributed by atoms with Gasteiger partial charge in [0.25, 0.3) is 17.7 Å². The fraction of sp³-hybridized carbons (Fsp3) is 0.500. The minimum Gasteiger partial charge on any atom is -0.269 e. The molecule has 4 nitrogen and oxygen atoms in total. The normalized spacial score (nSPS) is 9.95. The second kappa shape index (κ2) is 9.87. The van der Waals surface area contributed by atoms with Crippen molar-refractivity contribution in [2.75, 3.05) is 0 Å². The number of carbonyl (C=O) groups is 3. The molecule has 0 fully saturated rings. The maximum Gasteiger partial charge on any atom is 0.263 e. The Bertz CT molecular complexity index is 457. The van der Waals surface area contributed by atoms with Crippen LogP contribution in [0.3, 0.4) is 0 Å². The van der Waals surface area contributed by atoms with Gasteiger partial charge in [-0.25, -0.2) is 4.90 Å². The number of amides is 3. The van der Waals surface area contributed by atoms with Crippen LogP contribution in [0.15, 0.2) is 36.5 Å². The highest BCUT2D eigenvalue weighted by Crippen LogP contribution is 2.16. The molecule has 3 amide bonds. The molecule has 4 heteroatoms. The van der Waals surface area contributed by atoms with Gasteiger partial charge in [0, 0.05) is 16.7 Å². The standard InChI is InChI=1S/C18H27NO3/c1-7-9-11-14(5)17(21)19(16(20)13(3)4)18(22)15(6)12-10-8-2/h3,5-12H2,1-2,4H3. The molecule has 0 aromatic rings. The summed E-state index contributed by atoms with van der Waals surface area (Å²) in [5, 5.41) is 0. The zero-order valence-electron chi connectivity index (χ0n) is 14.0. The molecule has 0 spiro atoms. The second-order valence-electron chi connectivity index (χ2n) is 5.45. The van der Waals surface area contributed by atoms with Gasteiger partial charge in [0.2, 0.25) is 0 Å². The molecule has 22 heavy (non-hydrogen) atoms. The van der Waals surface area contributed by atoms with Crippen LogP contribution >= 0.6 is 0 Å². The van der Waals surface area contributed by atoms with E-state index < -0.39 is 17.7 Å². The summed E-state index contributed by atoms with van der Waals surface area (Å²) >= 11 is 0. The van der Waals surface area contributed by atoms with E-state index in [9.17, 15) is 14.4 Å². The first-order chi connectivity index (χ1) is 10.3. The Morgan fingerprint density at radius 3 is 1.41 bits per heavy atom. The van der Waals surface area contributed by atoms with E-state index in [1.54, 1.807) is 0 Å². The largest absolute Gasteiger partial charge is 0.269 e. The van der Waals surface area contributed by atoms with Crippen LogP contribution in [0.5, 0.6) is 0 Å². The quantitative estimate of drug-likeness (QED) is 0.606. The number of hydrogen-bond donors (Lipinski definition) is 0. The molecule has 0 aromatic heterocycles. The van der Waals surface area contributed by atoms with Crippen LogP contribution < -0.4 is 0 Å². The maximum atomic E-state index is 12.4. The van der Waals surface area contributed by atoms with Gasteiger partial charge in [-0.05, 0) is 32.6 Å². The van der Waals surface area contributed by atoms with Crippen molar-refractivity contribution in [3.63, 3.8) is 0 Å². The highest BCUT2D eigenvalue weighted by Gasteiger charge is 2.31. The Morgan fingerprint density at radius 2 is 1.14 bits per heavy atom. The van der Waals surface area contributed by atoms with Gasteiger partial charge in [-0.15, -0.1) is 0 Å². The zero-order valence-corrected chi connectivity index (χ0v) is 14.0. The van der Waals surface area contributed by atoms with Gasteiger partial charge in [0.15, 0.2) is 0 Å². The fourth-order valence-electron chi connectivity index (χ4n) is 1.78. The van der Waals surface area contributed by atoms with Crippen LogP contribution in [-0.4, -0.2) is 22.6 Å². The van der Waals surface area contributed by atoms with Crippen molar-refractivity contribution in [2.24, 2.45) is 0 Å². The molecule has 0 heterocycles. The molecule has 0 saturated carbocycles. The van der Waals surface area contributed by atoms with E-state index in [4.69, 9.17) is 0 Å². The van der Waals surface area contributed by atoms with Crippen molar-refractivity contribution in [2.45, 2.75) is 59.3 Å². The van der Waals surface area contributed by atoms with Crippen LogP contribution in [0.1, 0.15) is 59.3 Å². The summed E-state index contributed by atoms with van der Waals surface area (Å²) in [7, 11) is 0. The number of imide groups is 3. The molecule has 0 bridgehead atoms. The molecule has 0 aliphatic carbocycles. The van der Waals surface area contributed by atoms with Crippen molar-refractivity contribution in [1.29, 1.82) is 0 Å². The minimum absolute atomic E-state index is 0.133. The first-order valence-electron chi connectivity index (χ1n) is 7.72. The molecule has 0 saturated heterocycles. The van der Waals surface area contributed by atoms with E-state index in [1.165, 1.54) is 6.92 Å². The molecule has 0 aliphatic rings. The Balaban J connectivity index is 5.29. The van der Waals surface area contributed by atoms with Crippen molar-refractivity contribution in [3.05, 3.63) is 36.5 Å². The summed E-state index contributed by atoms with van der Waals surface area (Å²) in [4.78, 5) is 37.7. The smallest absolute Gasteiger partial charge is 0.263 e. The van der Waals surface area contributed by atoms with E-state index in [2.05, 4.69) is 19.7 Å². The maximum absolute atomic E-state index is 12.4. The van der Waals surface area contributed by atoms with Gasteiger partial charge >= 0.3 is 0 Å². The summed E-state index contributed by atoms with van der Waals surface area (Å²) in [6.45, 7) is 16.4. The minimum atomic E-state index is -0.690. The summed E-state index contributed by atoms with van der Waals surface area (Å²) in [6.07, 6.45) is 4.29. The van der Waals surface area contributed by atoms with E-state index >= 15 is 0 Å². The number of carbonyl (C=O) groups excluding carboxylic acids is 3. The summed E-state index contributed by atoms with van der Waals surface area (Å²) in [5.41, 5.74) is 0.648. The highest BCUT2D eigenvalue weighted by atomic mass is 16.2. The Morgan fingerprint density at radius 1 is 0.773 bits per heavy atom. The molecule has 0 rings (SSSR count). The molecule has 0 atom stereocenters. The lowest BCUT2D eigenvalue weighted by Crippen LogP contribution is -2.43. The summed E-state index contributed by atoms with van der Waals surface area (Å²) in [5.74, 6) is -1.99. The van der Waals surface area contributed by atoms with Crippen molar-refractivity contribution in [3.8, 4) is 0 Å². The number of hydrogen-bond acceptors (Lipinski definition) is 3. The Kier molecular flexibility index (Phi) is 8.99. The second-order valence-corrected chi connectivity index (χ2v) is 5.45. The van der Waals surface area contributed by atoms with Gasteiger partial charge in [-0.1, -0.05) is 46.4 Å². The van der Waals surface area contributed by atoms with Gasteiger partial charge in [0.05, 0.1) is 0 Å². The first kappa shape index (κ1) is 20.0. The van der Waals surface area contributed by atoms with E-state index in [1.807, 2.05) is 13.8 Å². The van der Waals surface area contributed by atoms with Crippen LogP contribution in [-0.2, 0) is 14.4 Å². The summed E-state index contributed by atoms with van der Waals surface area (Å²) in [6, 6.07) is 0. The van der Waals surface area contributed by atoms with Crippen LogP contribution in [0, 0.1) is 0 Å². The molecule has 0 aromatic carbocycles. The van der Waals surface area contributed by atoms with Crippen LogP contribution in [0.2, 0.25) is 0 Å². The van der Waals surface area contributed by atoms with E-state index in [0.717, 1.165) is 25.7 Å². The van der Waals surface area contributed by atoms with Gasteiger partial charge in [0.1, 0.15) is 0 Å². The van der Waals surface area contributed by atoms with Crippen molar-refractivity contribution < 1.29 is 14.4 Å². The van der Waals surface area contributed by atoms with Crippen molar-refractivity contribution in [1.82, 2.24) is 4.90 Å². The van der Waals surface area contributed by atoms with Crippen molar-refractivity contribution >= 4 is 17.7 Å². The van der Waals surface area contributed by atoms with Crippen LogP contribution in [0.25, 0.3) is 0 Å². The molecular weight excluding hydrogens is 278 g/mol. The lowest BCUT2D eigenvalue weighted by atomic mass is 10.1. The zero-order chi connectivity index (χ0) is 17.3. The summed E-state index contributed by atoms with van der Waals surface area (Å²) < 4.78 is 0. The number of nitrogens with zero attached hydrogens (tertiary/aromatic N) is 1. The predicted octanol–water partition coefficient (Wildman–Crippen LogP) is 3.94. The third kappa shape index (κ3) is 5.80. The van der Waals surface area contributed by atoms with E-state index in [0.29, 0.717) is 17.7 Å². The SMILES string of the molecule is C=C(C)C(=O)N(C(=O)C(=C)CCCC)C(=O)C(=C)CCCC. The molecule has 122 valence electrons. The Hall–Kier alpha value is -1.97. The fourth-order valence-corrected chi connectivity index (χ4v) is 1.78. The molecule has 0 unspecified atom stereocenters. The third-order valence-corrected chi connectivity index (χ3v) is 3.24. The lowest BCUT2D eigenvalue weighted by molar-refractivity contribution is -0.148. The number of unbranched alkanes of at least 4 members (excludes halogenated alkanes) is 2. The van der Waals surface area contributed by atoms with Gasteiger partial charge in [-0.2, -0.15) is 0 Å². The molecule has 0 aliphatic heterocycles. The lowest BCUT2D eigenvalue weighted by Gasteiger charge is -2.21. The van der Waals surface area contributed by atoms with E-state index in [-0.39, 0.29) is 16.7 Å². The average Bonchev–Trinajstić information content (AvgIpc) is 2.49. The first-order valence-corrected chi connectivity index (χ1v) is 7.72. The monoisotopic (exact) mass is 305 g/mol. The predicted molar refractivity (Wildman–Crippen MR) is 89.0 cm³/mol. The molecule has 0 radical (unpaired) electrons. The molecular formula is C18H27NO3. The van der Waals surface area contributed by atoms with Gasteiger partial charge < -0.3 is 0 Å².